The molecule has 1 aliphatic rings. The Labute approximate surface area is 336 Å². The molecule has 57 heavy (non-hydrogen) atoms. The van der Waals surface area contributed by atoms with Crippen molar-refractivity contribution in [1.29, 1.82) is 0 Å². The lowest BCUT2D eigenvalue weighted by Crippen LogP contribution is -2.31. The summed E-state index contributed by atoms with van der Waals surface area (Å²) >= 11 is 0. The maximum absolute atomic E-state index is 4.37. The molecule has 0 atom stereocenters. The third kappa shape index (κ3) is 6.36. The Balaban J connectivity index is 1.15. The summed E-state index contributed by atoms with van der Waals surface area (Å²) in [6.45, 7) is 13.3. The summed E-state index contributed by atoms with van der Waals surface area (Å²) in [5.41, 5.74) is 16.3. The van der Waals surface area contributed by atoms with Crippen LogP contribution in [0.3, 0.4) is 0 Å². The van der Waals surface area contributed by atoms with Crippen LogP contribution in [0.1, 0.15) is 25.0 Å². The molecule has 0 bridgehead atoms. The summed E-state index contributed by atoms with van der Waals surface area (Å²) in [5.74, 6) is 0. The van der Waals surface area contributed by atoms with E-state index in [1.165, 1.54) is 22.3 Å². The van der Waals surface area contributed by atoms with E-state index in [1.54, 1.807) is 0 Å². The van der Waals surface area contributed by atoms with Crippen molar-refractivity contribution < 1.29 is 0 Å². The van der Waals surface area contributed by atoms with Crippen LogP contribution in [0.5, 0.6) is 0 Å². The minimum atomic E-state index is -0.104. The number of fused-ring (bicyclic) bond motifs is 3. The number of anilines is 5. The van der Waals surface area contributed by atoms with Crippen LogP contribution >= 0.6 is 0 Å². The van der Waals surface area contributed by atoms with Crippen LogP contribution in [0.25, 0.3) is 45.7 Å². The molecule has 8 aromatic rings. The van der Waals surface area contributed by atoms with Gasteiger partial charge in [0.05, 0.1) is 17.1 Å². The summed E-state index contributed by atoms with van der Waals surface area (Å²) in [6, 6.07) is 71.7. The molecule has 2 heteroatoms. The molecule has 0 saturated heterocycles. The SMILES string of the molecule is C=C/C(=c1/ccccc1=C)N(c1ccccc1)c1ccccc1-c1ccc(-c2ccccc2N(c2ccccc2)c2ccc3c(c2)C(C)(C)c2ccccc2-3)cc1. The fourth-order valence-electron chi connectivity index (χ4n) is 8.57. The number of benzene rings is 8. The Morgan fingerprint density at radius 3 is 1.61 bits per heavy atom. The van der Waals surface area contributed by atoms with Crippen molar-refractivity contribution in [3.05, 3.63) is 234 Å². The summed E-state index contributed by atoms with van der Waals surface area (Å²) < 4.78 is 0. The first-order valence-electron chi connectivity index (χ1n) is 19.6. The normalized spacial score (nSPS) is 12.9. The van der Waals surface area contributed by atoms with E-state index in [0.717, 1.165) is 66.8 Å². The van der Waals surface area contributed by atoms with Gasteiger partial charge in [-0.05, 0) is 93.2 Å². The van der Waals surface area contributed by atoms with E-state index in [4.69, 9.17) is 0 Å². The first-order chi connectivity index (χ1) is 27.9. The van der Waals surface area contributed by atoms with E-state index in [0.29, 0.717) is 0 Å². The van der Waals surface area contributed by atoms with Crippen molar-refractivity contribution in [2.75, 3.05) is 9.80 Å². The standard InChI is InChI=1S/C55H44N2/c1-5-52(45-25-13-12-20-39(45)2)57(43-23-10-7-11-24-43)54-31-19-16-27-47(54)41-34-32-40(33-35-41)46-26-15-18-30-53(46)56(42-21-8-6-9-22-42)44-36-37-49-48-28-14-17-29-50(48)55(3,4)51(49)38-44/h5-38H,1-2H2,3-4H3/b52-45+. The highest BCUT2D eigenvalue weighted by Crippen LogP contribution is 2.51. The number of hydrogen-bond donors (Lipinski definition) is 0. The number of hydrogen-bond acceptors (Lipinski definition) is 2. The molecule has 0 aromatic heterocycles. The minimum Gasteiger partial charge on any atom is -0.310 e. The Bertz CT molecular complexity index is 2850. The van der Waals surface area contributed by atoms with Crippen molar-refractivity contribution in [2.45, 2.75) is 19.3 Å². The fourth-order valence-corrected chi connectivity index (χ4v) is 8.57. The van der Waals surface area contributed by atoms with Crippen molar-refractivity contribution in [3.8, 4) is 33.4 Å². The first-order valence-corrected chi connectivity index (χ1v) is 19.6. The molecule has 0 amide bonds. The van der Waals surface area contributed by atoms with Crippen LogP contribution in [0.15, 0.2) is 213 Å². The summed E-state index contributed by atoms with van der Waals surface area (Å²) in [6.07, 6.45) is 1.94. The molecule has 2 nitrogen and oxygen atoms in total. The van der Waals surface area contributed by atoms with E-state index < -0.39 is 0 Å². The molecule has 0 N–H and O–H groups in total. The van der Waals surface area contributed by atoms with Crippen molar-refractivity contribution in [3.63, 3.8) is 0 Å². The van der Waals surface area contributed by atoms with Crippen LogP contribution in [-0.2, 0) is 5.41 Å². The van der Waals surface area contributed by atoms with E-state index >= 15 is 0 Å². The molecular formula is C55H44N2. The van der Waals surface area contributed by atoms with Gasteiger partial charge in [0.25, 0.3) is 0 Å². The van der Waals surface area contributed by atoms with E-state index in [1.807, 2.05) is 18.2 Å². The van der Waals surface area contributed by atoms with Gasteiger partial charge in [-0.15, -0.1) is 0 Å². The molecule has 0 fully saturated rings. The van der Waals surface area contributed by atoms with Gasteiger partial charge in [-0.25, -0.2) is 0 Å². The van der Waals surface area contributed by atoms with Crippen LogP contribution in [0.4, 0.5) is 28.4 Å². The lowest BCUT2D eigenvalue weighted by molar-refractivity contribution is 0.660. The largest absolute Gasteiger partial charge is 0.310 e. The maximum atomic E-state index is 4.37. The zero-order valence-electron chi connectivity index (χ0n) is 32.4. The molecule has 0 aliphatic heterocycles. The molecule has 8 aromatic carbocycles. The van der Waals surface area contributed by atoms with Gasteiger partial charge >= 0.3 is 0 Å². The van der Waals surface area contributed by atoms with Gasteiger partial charge < -0.3 is 9.80 Å². The lowest BCUT2D eigenvalue weighted by atomic mass is 9.82. The zero-order chi connectivity index (χ0) is 38.9. The second kappa shape index (κ2) is 14.8. The monoisotopic (exact) mass is 732 g/mol. The van der Waals surface area contributed by atoms with Gasteiger partial charge in [-0.3, -0.25) is 0 Å². The predicted octanol–water partition coefficient (Wildman–Crippen LogP) is 13.3. The Kier molecular flexibility index (Phi) is 9.24. The van der Waals surface area contributed by atoms with Gasteiger partial charge in [0.2, 0.25) is 0 Å². The first kappa shape index (κ1) is 35.5. The highest BCUT2D eigenvalue weighted by Gasteiger charge is 2.36. The Morgan fingerprint density at radius 1 is 0.456 bits per heavy atom. The fraction of sp³-hybridized carbons (Fsp3) is 0.0545. The number of nitrogens with zero attached hydrogens (tertiary/aromatic N) is 2. The lowest BCUT2D eigenvalue weighted by Gasteiger charge is -2.30. The zero-order valence-corrected chi connectivity index (χ0v) is 32.4. The van der Waals surface area contributed by atoms with Crippen molar-refractivity contribution in [2.24, 2.45) is 0 Å². The van der Waals surface area contributed by atoms with Crippen LogP contribution < -0.4 is 20.2 Å². The molecule has 0 spiro atoms. The van der Waals surface area contributed by atoms with Crippen molar-refractivity contribution in [1.82, 2.24) is 0 Å². The summed E-state index contributed by atoms with van der Waals surface area (Å²) in [7, 11) is 0. The van der Waals surface area contributed by atoms with Gasteiger partial charge in [-0.2, -0.15) is 0 Å². The quantitative estimate of drug-likeness (QED) is 0.146. The van der Waals surface area contributed by atoms with Crippen LogP contribution in [-0.4, -0.2) is 0 Å². The molecule has 9 rings (SSSR count). The summed E-state index contributed by atoms with van der Waals surface area (Å²) in [5, 5.41) is 1.99. The topological polar surface area (TPSA) is 6.48 Å². The molecule has 274 valence electrons. The molecule has 0 heterocycles. The average molecular weight is 733 g/mol. The maximum Gasteiger partial charge on any atom is 0.0540 e. The minimum absolute atomic E-state index is 0.104. The average Bonchev–Trinajstić information content (AvgIpc) is 3.49. The second-order valence-corrected chi connectivity index (χ2v) is 15.1. The second-order valence-electron chi connectivity index (χ2n) is 15.1. The Morgan fingerprint density at radius 2 is 0.965 bits per heavy atom. The van der Waals surface area contributed by atoms with E-state index in [-0.39, 0.29) is 5.41 Å². The third-order valence-electron chi connectivity index (χ3n) is 11.4. The summed E-state index contributed by atoms with van der Waals surface area (Å²) in [4.78, 5) is 4.70. The molecular weight excluding hydrogens is 689 g/mol. The molecule has 0 unspecified atom stereocenters. The molecule has 0 saturated carbocycles. The van der Waals surface area contributed by atoms with E-state index in [2.05, 4.69) is 225 Å². The highest BCUT2D eigenvalue weighted by atomic mass is 15.2. The van der Waals surface area contributed by atoms with Crippen molar-refractivity contribution >= 4 is 40.7 Å². The smallest absolute Gasteiger partial charge is 0.0540 e. The number of rotatable bonds is 9. The highest BCUT2D eigenvalue weighted by molar-refractivity contribution is 5.94. The third-order valence-corrected chi connectivity index (χ3v) is 11.4. The van der Waals surface area contributed by atoms with Gasteiger partial charge in [0.15, 0.2) is 0 Å². The van der Waals surface area contributed by atoms with Gasteiger partial charge in [-0.1, -0.05) is 179 Å². The number of para-hydroxylation sites is 4. The van der Waals surface area contributed by atoms with Gasteiger partial charge in [0.1, 0.15) is 0 Å². The van der Waals surface area contributed by atoms with Crippen LogP contribution in [0, 0.1) is 0 Å². The molecule has 0 radical (unpaired) electrons. The van der Waals surface area contributed by atoms with Crippen LogP contribution in [0.2, 0.25) is 0 Å². The van der Waals surface area contributed by atoms with E-state index in [9.17, 15) is 0 Å². The van der Waals surface area contributed by atoms with Gasteiger partial charge in [0, 0.05) is 38.8 Å². The predicted molar refractivity (Wildman–Crippen MR) is 243 cm³/mol. The molecule has 1 aliphatic carbocycles. The Hall–Kier alpha value is -7.16.